The van der Waals surface area contributed by atoms with E-state index in [9.17, 15) is 15.0 Å². The van der Waals surface area contributed by atoms with Crippen molar-refractivity contribution in [2.24, 2.45) is 5.92 Å². The zero-order valence-corrected chi connectivity index (χ0v) is 15.1. The molecular formula is C21H26O4. The fourth-order valence-corrected chi connectivity index (χ4v) is 4.18. The Balaban J connectivity index is 2.01. The lowest BCUT2D eigenvalue weighted by Gasteiger charge is -2.48. The fourth-order valence-electron chi connectivity index (χ4n) is 4.18. The number of allylic oxidation sites excluding steroid dienone is 3. The summed E-state index contributed by atoms with van der Waals surface area (Å²) in [5, 5.41) is 19.3. The summed E-state index contributed by atoms with van der Waals surface area (Å²) in [7, 11) is 0. The van der Waals surface area contributed by atoms with Gasteiger partial charge < -0.3 is 14.9 Å². The van der Waals surface area contributed by atoms with E-state index in [-0.39, 0.29) is 23.2 Å². The van der Waals surface area contributed by atoms with Gasteiger partial charge in [-0.3, -0.25) is 0 Å². The maximum absolute atomic E-state index is 11.5. The molecule has 2 aliphatic rings. The highest BCUT2D eigenvalue weighted by Gasteiger charge is 2.47. The van der Waals surface area contributed by atoms with Crippen molar-refractivity contribution in [2.45, 2.75) is 58.0 Å². The van der Waals surface area contributed by atoms with Crippen LogP contribution in [0.15, 0.2) is 41.5 Å². The van der Waals surface area contributed by atoms with E-state index in [1.807, 2.05) is 6.08 Å². The average molecular weight is 342 g/mol. The second-order valence-corrected chi connectivity index (χ2v) is 7.63. The van der Waals surface area contributed by atoms with Gasteiger partial charge in [0.05, 0.1) is 0 Å². The predicted molar refractivity (Wildman–Crippen MR) is 97.0 cm³/mol. The summed E-state index contributed by atoms with van der Waals surface area (Å²) in [5.74, 6) is 0.257. The van der Waals surface area contributed by atoms with Gasteiger partial charge in [0.1, 0.15) is 17.1 Å². The van der Waals surface area contributed by atoms with Crippen LogP contribution in [-0.2, 0) is 4.79 Å². The number of phenolic OH excluding ortho intramolecular Hbond substituents is 1. The SMILES string of the molecule is CC(C)=CCC[C@@]1(C)Oc2ccc(O)cc2[C@H]2C=C(C(=O)O)CC[C@@H]21. The standard InChI is InChI=1S/C21H26O4/c1-13(2)5-4-10-21(3)18-8-6-14(20(23)24)11-16(18)17-12-15(22)7-9-19(17)25-21/h5,7,9,11-12,16,18,22H,4,6,8,10H2,1-3H3,(H,23,24)/t16-,18+,21-/m1/s1. The van der Waals surface area contributed by atoms with Gasteiger partial charge in [-0.15, -0.1) is 0 Å². The van der Waals surface area contributed by atoms with E-state index >= 15 is 0 Å². The highest BCUT2D eigenvalue weighted by molar-refractivity contribution is 5.87. The Kier molecular flexibility index (Phi) is 4.63. The highest BCUT2D eigenvalue weighted by Crippen LogP contribution is 2.52. The van der Waals surface area contributed by atoms with Gasteiger partial charge in [-0.2, -0.15) is 0 Å². The van der Waals surface area contributed by atoms with Crippen molar-refractivity contribution in [1.29, 1.82) is 0 Å². The highest BCUT2D eigenvalue weighted by atomic mass is 16.5. The number of hydrogen-bond acceptors (Lipinski definition) is 3. The molecule has 0 saturated carbocycles. The van der Waals surface area contributed by atoms with E-state index in [1.54, 1.807) is 18.2 Å². The maximum atomic E-state index is 11.5. The monoisotopic (exact) mass is 342 g/mol. The molecule has 0 fully saturated rings. The van der Waals surface area contributed by atoms with Crippen molar-refractivity contribution in [1.82, 2.24) is 0 Å². The van der Waals surface area contributed by atoms with Gasteiger partial charge in [-0.05, 0) is 64.7 Å². The molecule has 3 atom stereocenters. The number of carboxylic acid groups (broad SMARTS) is 1. The molecule has 1 aliphatic carbocycles. The number of aromatic hydroxyl groups is 1. The Bertz CT molecular complexity index is 742. The van der Waals surface area contributed by atoms with Gasteiger partial charge in [-0.1, -0.05) is 17.7 Å². The first-order chi connectivity index (χ1) is 11.8. The smallest absolute Gasteiger partial charge is 0.331 e. The van der Waals surface area contributed by atoms with Crippen LogP contribution in [0.5, 0.6) is 11.5 Å². The summed E-state index contributed by atoms with van der Waals surface area (Å²) < 4.78 is 6.40. The van der Waals surface area contributed by atoms with Gasteiger partial charge >= 0.3 is 5.97 Å². The van der Waals surface area contributed by atoms with Crippen molar-refractivity contribution in [3.05, 3.63) is 47.1 Å². The number of aliphatic carboxylic acids is 1. The summed E-state index contributed by atoms with van der Waals surface area (Å²) in [6, 6.07) is 5.13. The Labute approximate surface area is 148 Å². The van der Waals surface area contributed by atoms with Crippen LogP contribution in [0.25, 0.3) is 0 Å². The molecular weight excluding hydrogens is 316 g/mol. The molecule has 0 radical (unpaired) electrons. The van der Waals surface area contributed by atoms with E-state index in [1.165, 1.54) is 5.57 Å². The number of ether oxygens (including phenoxy) is 1. The number of benzene rings is 1. The number of phenols is 1. The van der Waals surface area contributed by atoms with Gasteiger partial charge in [0.2, 0.25) is 0 Å². The number of hydrogen-bond donors (Lipinski definition) is 2. The molecule has 4 heteroatoms. The topological polar surface area (TPSA) is 66.8 Å². The van der Waals surface area contributed by atoms with E-state index < -0.39 is 5.97 Å². The summed E-state index contributed by atoms with van der Waals surface area (Å²) in [6.07, 6.45) is 7.25. The summed E-state index contributed by atoms with van der Waals surface area (Å²) in [5.41, 5.74) is 2.30. The van der Waals surface area contributed by atoms with Crippen molar-refractivity contribution in [3.8, 4) is 11.5 Å². The molecule has 0 amide bonds. The minimum absolute atomic E-state index is 0.0348. The van der Waals surface area contributed by atoms with Crippen LogP contribution >= 0.6 is 0 Å². The molecule has 0 aromatic heterocycles. The Morgan fingerprint density at radius 1 is 1.40 bits per heavy atom. The van der Waals surface area contributed by atoms with E-state index in [4.69, 9.17) is 4.74 Å². The number of rotatable bonds is 4. The molecule has 1 aliphatic heterocycles. The molecule has 0 unspecified atom stereocenters. The molecule has 1 aromatic rings. The molecule has 1 aromatic carbocycles. The molecule has 4 nitrogen and oxygen atoms in total. The third-order valence-electron chi connectivity index (χ3n) is 5.49. The molecule has 134 valence electrons. The zero-order valence-electron chi connectivity index (χ0n) is 15.1. The van der Waals surface area contributed by atoms with Crippen molar-refractivity contribution in [3.63, 3.8) is 0 Å². The summed E-state index contributed by atoms with van der Waals surface area (Å²) in [6.45, 7) is 6.32. The average Bonchev–Trinajstić information content (AvgIpc) is 2.55. The Morgan fingerprint density at radius 3 is 2.84 bits per heavy atom. The predicted octanol–water partition coefficient (Wildman–Crippen LogP) is 4.79. The fraction of sp³-hybridized carbons (Fsp3) is 0.476. The minimum atomic E-state index is -0.849. The number of carboxylic acids is 1. The zero-order chi connectivity index (χ0) is 18.2. The van der Waals surface area contributed by atoms with Crippen molar-refractivity contribution in [2.75, 3.05) is 0 Å². The van der Waals surface area contributed by atoms with Crippen molar-refractivity contribution >= 4 is 5.97 Å². The Hall–Kier alpha value is -2.23. The van der Waals surface area contributed by atoms with Crippen LogP contribution in [0.2, 0.25) is 0 Å². The van der Waals surface area contributed by atoms with Crippen LogP contribution in [-0.4, -0.2) is 21.8 Å². The first-order valence-electron chi connectivity index (χ1n) is 8.89. The lowest BCUT2D eigenvalue weighted by Crippen LogP contribution is -2.47. The van der Waals surface area contributed by atoms with Crippen molar-refractivity contribution < 1.29 is 19.7 Å². The second-order valence-electron chi connectivity index (χ2n) is 7.63. The number of fused-ring (bicyclic) bond motifs is 3. The minimum Gasteiger partial charge on any atom is -0.508 e. The molecule has 1 heterocycles. The third-order valence-corrected chi connectivity index (χ3v) is 5.49. The van der Waals surface area contributed by atoms with Crippen LogP contribution in [0.4, 0.5) is 0 Å². The number of carbonyl (C=O) groups is 1. The summed E-state index contributed by atoms with van der Waals surface area (Å²) >= 11 is 0. The molecule has 0 bridgehead atoms. The molecule has 25 heavy (non-hydrogen) atoms. The summed E-state index contributed by atoms with van der Waals surface area (Å²) in [4.78, 5) is 11.5. The van der Waals surface area contributed by atoms with Crippen LogP contribution < -0.4 is 4.74 Å². The maximum Gasteiger partial charge on any atom is 0.331 e. The first-order valence-corrected chi connectivity index (χ1v) is 8.89. The van der Waals surface area contributed by atoms with E-state index in [0.29, 0.717) is 12.0 Å². The molecule has 0 spiro atoms. The molecule has 3 rings (SSSR count). The van der Waals surface area contributed by atoms with Gasteiger partial charge in [0.15, 0.2) is 0 Å². The second kappa shape index (κ2) is 6.58. The van der Waals surface area contributed by atoms with Crippen LogP contribution in [0, 0.1) is 5.92 Å². The normalized spacial score (nSPS) is 27.4. The van der Waals surface area contributed by atoms with E-state index in [0.717, 1.165) is 30.6 Å². The van der Waals surface area contributed by atoms with Gasteiger partial charge in [0, 0.05) is 23.0 Å². The Morgan fingerprint density at radius 2 is 2.16 bits per heavy atom. The first kappa shape index (κ1) is 17.6. The lowest BCUT2D eigenvalue weighted by molar-refractivity contribution is -0.133. The van der Waals surface area contributed by atoms with Crippen LogP contribution in [0.3, 0.4) is 0 Å². The van der Waals surface area contributed by atoms with Gasteiger partial charge in [0.25, 0.3) is 0 Å². The largest absolute Gasteiger partial charge is 0.508 e. The quantitative estimate of drug-likeness (QED) is 0.772. The van der Waals surface area contributed by atoms with Gasteiger partial charge in [-0.25, -0.2) is 4.79 Å². The molecule has 2 N–H and O–H groups in total. The van der Waals surface area contributed by atoms with E-state index in [2.05, 4.69) is 26.8 Å². The van der Waals surface area contributed by atoms with Crippen LogP contribution in [0.1, 0.15) is 57.9 Å². The lowest BCUT2D eigenvalue weighted by atomic mass is 9.66. The molecule has 0 saturated heterocycles. The third kappa shape index (κ3) is 3.44.